The summed E-state index contributed by atoms with van der Waals surface area (Å²) in [6, 6.07) is 1.85. The highest BCUT2D eigenvalue weighted by Gasteiger charge is 2.48. The molecule has 0 aromatic carbocycles. The molecule has 5 nitrogen and oxygen atoms in total. The van der Waals surface area contributed by atoms with E-state index in [-0.39, 0.29) is 5.78 Å². The van der Waals surface area contributed by atoms with Crippen LogP contribution >= 0.6 is 0 Å². The molecule has 1 aliphatic carbocycles. The van der Waals surface area contributed by atoms with Crippen LogP contribution in [0.15, 0.2) is 30.6 Å². The number of fused-ring (bicyclic) bond motifs is 1. The molecule has 1 spiro atoms. The number of nitrogens with zero attached hydrogens (tertiary/aromatic N) is 3. The van der Waals surface area contributed by atoms with Crippen molar-refractivity contribution in [2.24, 2.45) is 18.4 Å². The molecule has 4 rings (SSSR count). The van der Waals surface area contributed by atoms with Gasteiger partial charge in [0.05, 0.1) is 13.2 Å². The van der Waals surface area contributed by atoms with Crippen LogP contribution < -0.4 is 0 Å². The molecule has 0 N–H and O–H groups in total. The molecule has 0 radical (unpaired) electrons. The topological polar surface area (TPSA) is 57.0 Å². The van der Waals surface area contributed by atoms with E-state index in [1.807, 2.05) is 25.4 Å². The third-order valence-electron chi connectivity index (χ3n) is 4.48. The highest BCUT2D eigenvalue weighted by atomic mass is 16.5. The minimum Gasteiger partial charge on any atom is -0.380 e. The average Bonchev–Trinajstić information content (AvgIpc) is 2.73. The van der Waals surface area contributed by atoms with E-state index in [0.29, 0.717) is 22.5 Å². The van der Waals surface area contributed by atoms with E-state index >= 15 is 0 Å². The van der Waals surface area contributed by atoms with Crippen LogP contribution in [0.4, 0.5) is 0 Å². The highest BCUT2D eigenvalue weighted by Crippen LogP contribution is 2.51. The molecule has 3 heterocycles. The van der Waals surface area contributed by atoms with Crippen LogP contribution in [-0.2, 0) is 11.8 Å². The lowest BCUT2D eigenvalue weighted by atomic mass is 9.60. The largest absolute Gasteiger partial charge is 0.380 e. The van der Waals surface area contributed by atoms with Crippen molar-refractivity contribution in [3.8, 4) is 0 Å². The van der Waals surface area contributed by atoms with E-state index < -0.39 is 0 Å². The van der Waals surface area contributed by atoms with E-state index in [9.17, 15) is 4.79 Å². The summed E-state index contributed by atoms with van der Waals surface area (Å²) < 4.78 is 6.96. The Morgan fingerprint density at radius 2 is 2.29 bits per heavy atom. The second-order valence-corrected chi connectivity index (χ2v) is 6.32. The van der Waals surface area contributed by atoms with Crippen LogP contribution in [0.1, 0.15) is 23.2 Å². The van der Waals surface area contributed by atoms with Crippen molar-refractivity contribution in [3.05, 3.63) is 36.2 Å². The van der Waals surface area contributed by atoms with Gasteiger partial charge in [-0.15, -0.1) is 0 Å². The van der Waals surface area contributed by atoms with Crippen molar-refractivity contribution >= 4 is 16.8 Å². The summed E-state index contributed by atoms with van der Waals surface area (Å²) in [6.45, 7) is 1.79. The Kier molecular flexibility index (Phi) is 2.72. The average molecular weight is 283 g/mol. The first kappa shape index (κ1) is 12.7. The number of hydrogen-bond donors (Lipinski definition) is 0. The fraction of sp³-hybridized carbons (Fsp3) is 0.438. The first-order valence-electron chi connectivity index (χ1n) is 7.23. The second-order valence-electron chi connectivity index (χ2n) is 6.32. The number of ketones is 1. The molecule has 2 aromatic heterocycles. The van der Waals surface area contributed by atoms with E-state index in [2.05, 4.69) is 10.1 Å². The molecule has 0 atom stereocenters. The van der Waals surface area contributed by atoms with Gasteiger partial charge in [-0.2, -0.15) is 5.10 Å². The van der Waals surface area contributed by atoms with Crippen molar-refractivity contribution in [2.45, 2.75) is 12.8 Å². The molecule has 0 unspecified atom stereocenters. The molecule has 1 aliphatic heterocycles. The number of aryl methyl sites for hydroxylation is 1. The summed E-state index contributed by atoms with van der Waals surface area (Å²) in [7, 11) is 1.85. The van der Waals surface area contributed by atoms with Crippen LogP contribution in [0.5, 0.6) is 0 Å². The lowest BCUT2D eigenvalue weighted by Crippen LogP contribution is -2.51. The zero-order valence-electron chi connectivity index (χ0n) is 12.0. The Morgan fingerprint density at radius 1 is 1.48 bits per heavy atom. The molecule has 5 heteroatoms. The van der Waals surface area contributed by atoms with Gasteiger partial charge in [-0.3, -0.25) is 9.48 Å². The molecule has 108 valence electrons. The molecule has 1 saturated heterocycles. The Labute approximate surface area is 122 Å². The highest BCUT2D eigenvalue weighted by molar-refractivity contribution is 6.05. The number of hydrogen-bond acceptors (Lipinski definition) is 4. The van der Waals surface area contributed by atoms with Crippen molar-refractivity contribution in [1.82, 2.24) is 14.8 Å². The Bertz CT molecular complexity index is 735. The molecular formula is C16H17N3O2. The van der Waals surface area contributed by atoms with E-state index in [1.165, 1.54) is 0 Å². The molecule has 1 saturated carbocycles. The Morgan fingerprint density at radius 3 is 3.00 bits per heavy atom. The quantitative estimate of drug-likeness (QED) is 0.639. The monoisotopic (exact) mass is 283 g/mol. The fourth-order valence-corrected chi connectivity index (χ4v) is 3.30. The second kappa shape index (κ2) is 4.49. The summed E-state index contributed by atoms with van der Waals surface area (Å²) in [5.41, 5.74) is 1.73. The molecule has 21 heavy (non-hydrogen) atoms. The summed E-state index contributed by atoms with van der Waals surface area (Å²) in [6.07, 6.45) is 9.50. The minimum absolute atomic E-state index is 0.0130. The van der Waals surface area contributed by atoms with Gasteiger partial charge in [0, 0.05) is 35.8 Å². The van der Waals surface area contributed by atoms with Crippen molar-refractivity contribution in [2.75, 3.05) is 13.2 Å². The molecular weight excluding hydrogens is 266 g/mol. The van der Waals surface area contributed by atoms with Gasteiger partial charge in [0.15, 0.2) is 11.4 Å². The van der Waals surface area contributed by atoms with Crippen LogP contribution in [0.25, 0.3) is 11.0 Å². The van der Waals surface area contributed by atoms with Crippen LogP contribution in [0.3, 0.4) is 0 Å². The number of carbonyl (C=O) groups excluding carboxylic acids is 1. The molecule has 0 bridgehead atoms. The summed E-state index contributed by atoms with van der Waals surface area (Å²) in [5, 5.41) is 5.10. The van der Waals surface area contributed by atoms with E-state index in [0.717, 1.165) is 31.4 Å². The SMILES string of the molecule is Cn1cc2cc(C(=O)C=CC3CC4(COC4)C3)cnc2n1. The first-order valence-corrected chi connectivity index (χ1v) is 7.23. The van der Waals surface area contributed by atoms with Crippen LogP contribution in [0.2, 0.25) is 0 Å². The van der Waals surface area contributed by atoms with Gasteiger partial charge >= 0.3 is 0 Å². The maximum atomic E-state index is 12.2. The molecule has 0 amide bonds. The van der Waals surface area contributed by atoms with Crippen molar-refractivity contribution in [3.63, 3.8) is 0 Å². The number of allylic oxidation sites excluding steroid dienone is 2. The Balaban J connectivity index is 1.45. The number of pyridine rings is 1. The van der Waals surface area contributed by atoms with Gasteiger partial charge in [0.2, 0.25) is 0 Å². The number of aromatic nitrogens is 3. The van der Waals surface area contributed by atoms with Gasteiger partial charge in [0.25, 0.3) is 0 Å². The molecule has 2 fully saturated rings. The van der Waals surface area contributed by atoms with Crippen LogP contribution in [0, 0.1) is 11.3 Å². The zero-order chi connectivity index (χ0) is 14.4. The normalized spacial score (nSPS) is 20.8. The van der Waals surface area contributed by atoms with Crippen molar-refractivity contribution < 1.29 is 9.53 Å². The Hall–Kier alpha value is -2.01. The van der Waals surface area contributed by atoms with Gasteiger partial charge < -0.3 is 4.74 Å². The number of ether oxygens (including phenoxy) is 1. The maximum absolute atomic E-state index is 12.2. The fourth-order valence-electron chi connectivity index (χ4n) is 3.30. The minimum atomic E-state index is 0.0130. The summed E-state index contributed by atoms with van der Waals surface area (Å²) in [4.78, 5) is 16.4. The van der Waals surface area contributed by atoms with Crippen molar-refractivity contribution in [1.29, 1.82) is 0 Å². The third-order valence-corrected chi connectivity index (χ3v) is 4.48. The van der Waals surface area contributed by atoms with Gasteiger partial charge in [-0.25, -0.2) is 4.98 Å². The molecule has 2 aromatic rings. The van der Waals surface area contributed by atoms with Gasteiger partial charge in [-0.1, -0.05) is 6.08 Å². The predicted octanol–water partition coefficient (Wildman–Crippen LogP) is 2.13. The number of carbonyl (C=O) groups is 1. The van der Waals surface area contributed by atoms with Crippen LogP contribution in [-0.4, -0.2) is 33.8 Å². The lowest BCUT2D eigenvalue weighted by molar-refractivity contribution is -0.170. The van der Waals surface area contributed by atoms with Gasteiger partial charge in [0.1, 0.15) is 0 Å². The standard InChI is InChI=1S/C16H17N3O2/c1-19-8-13-4-12(7-17-15(13)18-19)14(20)3-2-11-5-16(6-11)9-21-10-16/h2-4,7-8,11H,5-6,9-10H2,1H3. The third kappa shape index (κ3) is 2.17. The predicted molar refractivity (Wildman–Crippen MR) is 78.0 cm³/mol. The number of rotatable bonds is 3. The maximum Gasteiger partial charge on any atom is 0.187 e. The van der Waals surface area contributed by atoms with E-state index in [1.54, 1.807) is 17.0 Å². The van der Waals surface area contributed by atoms with Gasteiger partial charge in [-0.05, 0) is 30.9 Å². The first-order chi connectivity index (χ1) is 10.1. The smallest absolute Gasteiger partial charge is 0.187 e. The lowest BCUT2D eigenvalue weighted by Gasteiger charge is -2.52. The summed E-state index contributed by atoms with van der Waals surface area (Å²) >= 11 is 0. The summed E-state index contributed by atoms with van der Waals surface area (Å²) in [5.74, 6) is 0.534. The zero-order valence-corrected chi connectivity index (χ0v) is 12.0. The molecule has 2 aliphatic rings. The van der Waals surface area contributed by atoms with E-state index in [4.69, 9.17) is 4.74 Å².